The van der Waals surface area contributed by atoms with E-state index in [0.29, 0.717) is 0 Å². The summed E-state index contributed by atoms with van der Waals surface area (Å²) in [6.45, 7) is 7.07. The third-order valence-electron chi connectivity index (χ3n) is 5.77. The molecule has 0 amide bonds. The maximum absolute atomic E-state index is 5.64. The van der Waals surface area contributed by atoms with Crippen molar-refractivity contribution < 1.29 is 0 Å². The summed E-state index contributed by atoms with van der Waals surface area (Å²) in [6.07, 6.45) is 32.2. The fourth-order valence-electron chi connectivity index (χ4n) is 3.78. The highest BCUT2D eigenvalue weighted by Crippen LogP contribution is 2.10. The molecule has 0 aliphatic heterocycles. The number of unbranched alkanes of at least 4 members (excludes halogenated alkanes) is 13. The van der Waals surface area contributed by atoms with E-state index in [1.807, 2.05) is 0 Å². The Kier molecular flexibility index (Phi) is 25.8. The highest BCUT2D eigenvalue weighted by atomic mass is 15.1. The van der Waals surface area contributed by atoms with Crippen molar-refractivity contribution in [1.29, 1.82) is 0 Å². The van der Waals surface area contributed by atoms with Crippen LogP contribution in [0.25, 0.3) is 0 Å². The topological polar surface area (TPSA) is 55.3 Å². The van der Waals surface area contributed by atoms with Crippen molar-refractivity contribution in [3.8, 4) is 0 Å². The minimum Gasteiger partial charge on any atom is -0.330 e. The van der Waals surface area contributed by atoms with Gasteiger partial charge in [0.2, 0.25) is 0 Å². The van der Waals surface area contributed by atoms with Crippen LogP contribution >= 0.6 is 0 Å². The molecule has 3 nitrogen and oxygen atoms in total. The second kappa shape index (κ2) is 26.4. The second-order valence-corrected chi connectivity index (χ2v) is 8.78. The van der Waals surface area contributed by atoms with E-state index in [2.05, 4.69) is 36.1 Å². The summed E-state index contributed by atoms with van der Waals surface area (Å²) in [5.41, 5.74) is 11.3. The zero-order valence-electron chi connectivity index (χ0n) is 20.5. The molecule has 0 unspecified atom stereocenters. The molecule has 0 radical (unpaired) electrons. The van der Waals surface area contributed by atoms with Crippen LogP contribution in [-0.2, 0) is 0 Å². The van der Waals surface area contributed by atoms with Gasteiger partial charge in [-0.05, 0) is 77.5 Å². The highest BCUT2D eigenvalue weighted by Gasteiger charge is 2.01. The quantitative estimate of drug-likeness (QED) is 0.131. The third kappa shape index (κ3) is 23.6. The summed E-state index contributed by atoms with van der Waals surface area (Å²) >= 11 is 0. The predicted octanol–water partition coefficient (Wildman–Crippen LogP) is 6.97. The van der Waals surface area contributed by atoms with Gasteiger partial charge in [0.05, 0.1) is 0 Å². The van der Waals surface area contributed by atoms with Gasteiger partial charge in [0.25, 0.3) is 0 Å². The molecule has 0 aromatic carbocycles. The molecule has 3 heteroatoms. The molecule has 0 bridgehead atoms. The molecule has 0 rings (SSSR count). The molecule has 0 aromatic rings. The van der Waals surface area contributed by atoms with Gasteiger partial charge in [0.1, 0.15) is 0 Å². The zero-order valence-corrected chi connectivity index (χ0v) is 20.5. The second-order valence-electron chi connectivity index (χ2n) is 8.78. The van der Waals surface area contributed by atoms with Gasteiger partial charge in [0, 0.05) is 6.54 Å². The average molecular weight is 422 g/mol. The third-order valence-corrected chi connectivity index (χ3v) is 5.77. The van der Waals surface area contributed by atoms with Crippen LogP contribution in [0.2, 0.25) is 0 Å². The fraction of sp³-hybridized carbons (Fsp3) is 0.852. The van der Waals surface area contributed by atoms with Gasteiger partial charge in [-0.3, -0.25) is 4.90 Å². The van der Waals surface area contributed by atoms with Crippen molar-refractivity contribution in [2.24, 2.45) is 11.5 Å². The Labute approximate surface area is 189 Å². The van der Waals surface area contributed by atoms with Gasteiger partial charge >= 0.3 is 0 Å². The Morgan fingerprint density at radius 3 is 1.33 bits per heavy atom. The number of allylic oxidation sites excluding steroid dienone is 3. The monoisotopic (exact) mass is 421 g/mol. The molecule has 0 atom stereocenters. The van der Waals surface area contributed by atoms with Crippen LogP contribution in [0.3, 0.4) is 0 Å². The minimum atomic E-state index is 0.776. The normalized spacial score (nSPS) is 12.1. The number of hydrogen-bond acceptors (Lipinski definition) is 3. The van der Waals surface area contributed by atoms with Crippen molar-refractivity contribution in [1.82, 2.24) is 4.90 Å². The predicted molar refractivity (Wildman–Crippen MR) is 137 cm³/mol. The van der Waals surface area contributed by atoms with Gasteiger partial charge in [-0.1, -0.05) is 89.0 Å². The molecular formula is C27H55N3. The van der Waals surface area contributed by atoms with E-state index in [1.54, 1.807) is 0 Å². The van der Waals surface area contributed by atoms with Gasteiger partial charge in [-0.15, -0.1) is 0 Å². The Morgan fingerprint density at radius 2 is 0.900 bits per heavy atom. The van der Waals surface area contributed by atoms with Crippen molar-refractivity contribution in [3.05, 3.63) is 24.3 Å². The molecule has 0 fully saturated rings. The molecule has 0 aliphatic rings. The first-order chi connectivity index (χ1) is 14.8. The lowest BCUT2D eigenvalue weighted by molar-refractivity contribution is 0.298. The highest BCUT2D eigenvalue weighted by molar-refractivity contribution is 4.85. The average Bonchev–Trinajstić information content (AvgIpc) is 2.76. The number of rotatable bonds is 24. The van der Waals surface area contributed by atoms with Gasteiger partial charge < -0.3 is 11.5 Å². The SMILES string of the molecule is CCCCCCCCC=CCCCCCCCCC=CCN(CCCN)CCCN. The Hall–Kier alpha value is -0.640. The van der Waals surface area contributed by atoms with Crippen LogP contribution in [0, 0.1) is 0 Å². The van der Waals surface area contributed by atoms with Gasteiger partial charge in [-0.25, -0.2) is 0 Å². The first-order valence-corrected chi connectivity index (χ1v) is 13.3. The van der Waals surface area contributed by atoms with Crippen molar-refractivity contribution >= 4 is 0 Å². The molecule has 0 spiro atoms. The zero-order chi connectivity index (χ0) is 22.0. The lowest BCUT2D eigenvalue weighted by Crippen LogP contribution is -2.29. The van der Waals surface area contributed by atoms with E-state index in [0.717, 1.165) is 45.6 Å². The van der Waals surface area contributed by atoms with Crippen LogP contribution in [0.15, 0.2) is 24.3 Å². The first kappa shape index (κ1) is 29.4. The molecule has 0 heterocycles. The number of nitrogens with zero attached hydrogens (tertiary/aromatic N) is 1. The van der Waals surface area contributed by atoms with Crippen molar-refractivity contribution in [2.45, 2.75) is 116 Å². The first-order valence-electron chi connectivity index (χ1n) is 13.3. The summed E-state index contributed by atoms with van der Waals surface area (Å²) < 4.78 is 0. The van der Waals surface area contributed by atoms with Crippen LogP contribution < -0.4 is 11.5 Å². The Bertz CT molecular complexity index is 357. The van der Waals surface area contributed by atoms with E-state index in [-0.39, 0.29) is 0 Å². The largest absolute Gasteiger partial charge is 0.330 e. The van der Waals surface area contributed by atoms with E-state index in [4.69, 9.17) is 11.5 Å². The fourth-order valence-corrected chi connectivity index (χ4v) is 3.78. The standard InChI is InChI=1S/C27H55N3/c1-2-3-4-5-6-7-8-9-10-11-12-13-14-15-16-17-18-19-20-25-30(26-21-23-28)27-22-24-29/h9-10,19-20H,2-8,11-18,21-29H2,1H3. The molecule has 0 aliphatic carbocycles. The van der Waals surface area contributed by atoms with E-state index in [9.17, 15) is 0 Å². The summed E-state index contributed by atoms with van der Waals surface area (Å²) in [5, 5.41) is 0. The Balaban J connectivity index is 3.38. The summed E-state index contributed by atoms with van der Waals surface area (Å²) in [6, 6.07) is 0. The summed E-state index contributed by atoms with van der Waals surface area (Å²) in [5.74, 6) is 0. The molecule has 0 saturated heterocycles. The molecule has 30 heavy (non-hydrogen) atoms. The minimum absolute atomic E-state index is 0.776. The van der Waals surface area contributed by atoms with Crippen LogP contribution in [0.4, 0.5) is 0 Å². The van der Waals surface area contributed by atoms with Crippen LogP contribution in [-0.4, -0.2) is 37.6 Å². The molecule has 178 valence electrons. The molecular weight excluding hydrogens is 366 g/mol. The van der Waals surface area contributed by atoms with E-state index in [1.165, 1.54) is 96.3 Å². The van der Waals surface area contributed by atoms with E-state index >= 15 is 0 Å². The lowest BCUT2D eigenvalue weighted by Gasteiger charge is -2.19. The molecule has 0 saturated carbocycles. The number of nitrogens with two attached hydrogens (primary N) is 2. The summed E-state index contributed by atoms with van der Waals surface area (Å²) in [4.78, 5) is 2.47. The van der Waals surface area contributed by atoms with Crippen LogP contribution in [0.5, 0.6) is 0 Å². The smallest absolute Gasteiger partial charge is 0.0163 e. The number of hydrogen-bond donors (Lipinski definition) is 2. The van der Waals surface area contributed by atoms with Gasteiger partial charge in [-0.2, -0.15) is 0 Å². The maximum atomic E-state index is 5.64. The lowest BCUT2D eigenvalue weighted by atomic mass is 10.1. The molecule has 4 N–H and O–H groups in total. The summed E-state index contributed by atoms with van der Waals surface area (Å²) in [7, 11) is 0. The van der Waals surface area contributed by atoms with Gasteiger partial charge in [0.15, 0.2) is 0 Å². The molecule has 0 aromatic heterocycles. The van der Waals surface area contributed by atoms with Crippen LogP contribution in [0.1, 0.15) is 116 Å². The maximum Gasteiger partial charge on any atom is 0.0163 e. The Morgan fingerprint density at radius 1 is 0.500 bits per heavy atom. The van der Waals surface area contributed by atoms with Crippen molar-refractivity contribution in [3.63, 3.8) is 0 Å². The van der Waals surface area contributed by atoms with E-state index < -0.39 is 0 Å². The van der Waals surface area contributed by atoms with Crippen molar-refractivity contribution in [2.75, 3.05) is 32.7 Å².